The summed E-state index contributed by atoms with van der Waals surface area (Å²) >= 11 is 0. The summed E-state index contributed by atoms with van der Waals surface area (Å²) < 4.78 is 36.8. The molecule has 16 heavy (non-hydrogen) atoms. The molecule has 1 rings (SSSR count). The summed E-state index contributed by atoms with van der Waals surface area (Å²) in [5.41, 5.74) is 0. The van der Waals surface area contributed by atoms with E-state index in [1.54, 1.807) is 6.92 Å². The van der Waals surface area contributed by atoms with E-state index in [2.05, 4.69) is 0 Å². The molecule has 0 heterocycles. The van der Waals surface area contributed by atoms with Gasteiger partial charge in [-0.3, -0.25) is 0 Å². The van der Waals surface area contributed by atoms with Crippen LogP contribution in [0.4, 0.5) is 0 Å². The van der Waals surface area contributed by atoms with Crippen LogP contribution in [0.1, 0.15) is 6.92 Å². The predicted molar refractivity (Wildman–Crippen MR) is 51.6 cm³/mol. The Morgan fingerprint density at radius 2 is 1.88 bits per heavy atom. The van der Waals surface area contributed by atoms with Crippen LogP contribution in [0.3, 0.4) is 0 Å². The SMILES string of the molecule is CC(O)COc1ccc(S(=O)(=O)[O-])cc1.[Na+]. The molecule has 0 radical (unpaired) electrons. The minimum atomic E-state index is -4.41. The number of hydrogen-bond donors (Lipinski definition) is 1. The Hall–Kier alpha value is -0.110. The van der Waals surface area contributed by atoms with Crippen molar-refractivity contribution < 1.29 is 52.4 Å². The third-order valence-corrected chi connectivity index (χ3v) is 2.45. The quantitative estimate of drug-likeness (QED) is 0.468. The summed E-state index contributed by atoms with van der Waals surface area (Å²) in [5, 5.41) is 8.93. The number of benzene rings is 1. The van der Waals surface area contributed by atoms with Crippen molar-refractivity contribution in [2.75, 3.05) is 6.61 Å². The molecule has 0 amide bonds. The van der Waals surface area contributed by atoms with E-state index in [4.69, 9.17) is 9.84 Å². The first-order valence-corrected chi connectivity index (χ1v) is 5.67. The molecule has 1 aromatic rings. The average Bonchev–Trinajstić information content (AvgIpc) is 2.14. The van der Waals surface area contributed by atoms with Gasteiger partial charge >= 0.3 is 29.6 Å². The molecule has 0 saturated heterocycles. The van der Waals surface area contributed by atoms with Gasteiger partial charge in [-0.25, -0.2) is 8.42 Å². The van der Waals surface area contributed by atoms with Crippen LogP contribution in [0, 0.1) is 0 Å². The molecule has 0 saturated carbocycles. The number of rotatable bonds is 4. The number of hydrogen-bond acceptors (Lipinski definition) is 5. The third-order valence-electron chi connectivity index (χ3n) is 1.60. The van der Waals surface area contributed by atoms with Crippen molar-refractivity contribution in [3.05, 3.63) is 24.3 Å². The summed E-state index contributed by atoms with van der Waals surface area (Å²) in [5.74, 6) is 0.406. The van der Waals surface area contributed by atoms with Crippen LogP contribution in [-0.2, 0) is 10.1 Å². The zero-order valence-corrected chi connectivity index (χ0v) is 11.9. The molecule has 0 aromatic heterocycles. The van der Waals surface area contributed by atoms with Crippen LogP contribution < -0.4 is 34.3 Å². The van der Waals surface area contributed by atoms with Gasteiger partial charge in [0.2, 0.25) is 0 Å². The van der Waals surface area contributed by atoms with Gasteiger partial charge in [0.05, 0.1) is 11.0 Å². The standard InChI is InChI=1S/C9H12O5S.Na/c1-7(10)6-14-8-2-4-9(5-3-8)15(11,12)13;/h2-5,7,10H,6H2,1H3,(H,11,12,13);/q;+1/p-1. The first-order chi connectivity index (χ1) is 6.89. The van der Waals surface area contributed by atoms with E-state index in [0.29, 0.717) is 5.75 Å². The zero-order valence-electron chi connectivity index (χ0n) is 9.08. The molecule has 0 aliphatic carbocycles. The normalized spacial score (nSPS) is 12.7. The summed E-state index contributed by atoms with van der Waals surface area (Å²) in [6.07, 6.45) is -0.604. The molecule has 84 valence electrons. The smallest absolute Gasteiger partial charge is 0.744 e. The largest absolute Gasteiger partial charge is 1.00 e. The van der Waals surface area contributed by atoms with E-state index in [0.717, 1.165) is 0 Å². The van der Waals surface area contributed by atoms with Crippen LogP contribution in [0.15, 0.2) is 29.2 Å². The Kier molecular flexibility index (Phi) is 6.54. The Morgan fingerprint density at radius 3 is 2.25 bits per heavy atom. The first-order valence-electron chi connectivity index (χ1n) is 4.26. The summed E-state index contributed by atoms with van der Waals surface area (Å²) in [4.78, 5) is -0.299. The van der Waals surface area contributed by atoms with Gasteiger partial charge in [0.1, 0.15) is 22.5 Å². The van der Waals surface area contributed by atoms with Crippen molar-refractivity contribution >= 4 is 10.1 Å². The third kappa shape index (κ3) is 5.29. The van der Waals surface area contributed by atoms with Crippen molar-refractivity contribution in [1.82, 2.24) is 0 Å². The van der Waals surface area contributed by atoms with E-state index in [-0.39, 0.29) is 41.1 Å². The van der Waals surface area contributed by atoms with E-state index < -0.39 is 16.2 Å². The van der Waals surface area contributed by atoms with Crippen molar-refractivity contribution in [1.29, 1.82) is 0 Å². The van der Waals surface area contributed by atoms with Gasteiger partial charge in [0.15, 0.2) is 0 Å². The minimum Gasteiger partial charge on any atom is -0.744 e. The topological polar surface area (TPSA) is 86.7 Å². The summed E-state index contributed by atoms with van der Waals surface area (Å²) in [6.45, 7) is 1.68. The van der Waals surface area contributed by atoms with Crippen LogP contribution >= 0.6 is 0 Å². The molecule has 1 unspecified atom stereocenters. The van der Waals surface area contributed by atoms with E-state index in [1.807, 2.05) is 0 Å². The van der Waals surface area contributed by atoms with Crippen molar-refractivity contribution in [3.63, 3.8) is 0 Å². The minimum absolute atomic E-state index is 0. The molecule has 1 atom stereocenters. The molecule has 0 fully saturated rings. The van der Waals surface area contributed by atoms with Crippen LogP contribution in [0.5, 0.6) is 5.75 Å². The molecule has 1 N–H and O–H groups in total. The summed E-state index contributed by atoms with van der Waals surface area (Å²) in [6, 6.07) is 5.07. The van der Waals surface area contributed by atoms with Crippen molar-refractivity contribution in [2.24, 2.45) is 0 Å². The van der Waals surface area contributed by atoms with Crippen molar-refractivity contribution in [3.8, 4) is 5.75 Å². The van der Waals surface area contributed by atoms with Crippen LogP contribution in [-0.4, -0.2) is 30.8 Å². The van der Waals surface area contributed by atoms with Crippen LogP contribution in [0.2, 0.25) is 0 Å². The maximum absolute atomic E-state index is 10.6. The van der Waals surface area contributed by atoms with Crippen LogP contribution in [0.25, 0.3) is 0 Å². The molecule has 7 heteroatoms. The zero-order chi connectivity index (χ0) is 11.5. The second-order valence-electron chi connectivity index (χ2n) is 3.09. The fraction of sp³-hybridized carbons (Fsp3) is 0.333. The molecule has 0 aliphatic heterocycles. The second kappa shape index (κ2) is 6.58. The van der Waals surface area contributed by atoms with Gasteiger partial charge in [-0.15, -0.1) is 0 Å². The van der Waals surface area contributed by atoms with Gasteiger partial charge in [0.25, 0.3) is 0 Å². The molecule has 5 nitrogen and oxygen atoms in total. The van der Waals surface area contributed by atoms with E-state index >= 15 is 0 Å². The van der Waals surface area contributed by atoms with Gasteiger partial charge < -0.3 is 14.4 Å². The van der Waals surface area contributed by atoms with Gasteiger partial charge in [0, 0.05) is 0 Å². The monoisotopic (exact) mass is 254 g/mol. The fourth-order valence-electron chi connectivity index (χ4n) is 0.919. The summed E-state index contributed by atoms with van der Waals surface area (Å²) in [7, 11) is -4.41. The molecule has 0 bridgehead atoms. The van der Waals surface area contributed by atoms with Gasteiger partial charge in [-0.1, -0.05) is 0 Å². The number of aliphatic hydroxyl groups excluding tert-OH is 1. The molecule has 0 aliphatic rings. The van der Waals surface area contributed by atoms with E-state index in [9.17, 15) is 13.0 Å². The van der Waals surface area contributed by atoms with Gasteiger partial charge in [-0.05, 0) is 31.2 Å². The Bertz CT molecular complexity index is 412. The first kappa shape index (κ1) is 15.9. The molecule has 0 spiro atoms. The maximum atomic E-state index is 10.6. The molecular weight excluding hydrogens is 243 g/mol. The maximum Gasteiger partial charge on any atom is 1.00 e. The Morgan fingerprint density at radius 1 is 1.38 bits per heavy atom. The predicted octanol–water partition coefficient (Wildman–Crippen LogP) is -2.65. The fourth-order valence-corrected chi connectivity index (χ4v) is 1.39. The molecule has 1 aromatic carbocycles. The van der Waals surface area contributed by atoms with E-state index in [1.165, 1.54) is 24.3 Å². The van der Waals surface area contributed by atoms with Gasteiger partial charge in [-0.2, -0.15) is 0 Å². The van der Waals surface area contributed by atoms with Crippen molar-refractivity contribution in [2.45, 2.75) is 17.9 Å². The molecular formula is C9H11NaO5S. The average molecular weight is 254 g/mol. The second-order valence-corrected chi connectivity index (χ2v) is 4.47. The Labute approximate surface area is 116 Å². The number of ether oxygens (including phenoxy) is 1. The number of aliphatic hydroxyl groups is 1. The Balaban J connectivity index is 0.00000225.